The van der Waals surface area contributed by atoms with Crippen LogP contribution in [0.1, 0.15) is 51.3 Å². The van der Waals surface area contributed by atoms with Crippen molar-refractivity contribution in [3.63, 3.8) is 0 Å². The number of ether oxygens (including phenoxy) is 1. The van der Waals surface area contributed by atoms with Gasteiger partial charge in [0.25, 0.3) is 5.69 Å². The lowest BCUT2D eigenvalue weighted by Crippen LogP contribution is -2.40. The average molecular weight is 440 g/mol. The van der Waals surface area contributed by atoms with Crippen molar-refractivity contribution in [3.05, 3.63) is 45.8 Å². The summed E-state index contributed by atoms with van der Waals surface area (Å²) in [6.07, 6.45) is 5.31. The van der Waals surface area contributed by atoms with E-state index in [0.29, 0.717) is 30.9 Å². The van der Waals surface area contributed by atoms with Crippen LogP contribution in [0.3, 0.4) is 0 Å². The molecule has 0 aliphatic carbocycles. The number of aromatic nitrogens is 2. The predicted molar refractivity (Wildman–Crippen MR) is 121 cm³/mol. The summed E-state index contributed by atoms with van der Waals surface area (Å²) in [5.74, 6) is 0.347. The second-order valence-electron chi connectivity index (χ2n) is 9.32. The number of anilines is 1. The number of hydrogen-bond donors (Lipinski definition) is 0. The zero-order valence-corrected chi connectivity index (χ0v) is 18.8. The van der Waals surface area contributed by atoms with Gasteiger partial charge in [-0.1, -0.05) is 0 Å². The molecule has 0 radical (unpaired) electrons. The third kappa shape index (κ3) is 4.81. The van der Waals surface area contributed by atoms with Gasteiger partial charge in [-0.3, -0.25) is 10.1 Å². The van der Waals surface area contributed by atoms with Crippen molar-refractivity contribution in [1.29, 1.82) is 0 Å². The summed E-state index contributed by atoms with van der Waals surface area (Å²) in [6, 6.07) is 5.19. The molecular formula is C23H29N5O4. The zero-order chi connectivity index (χ0) is 22.9. The maximum Gasteiger partial charge on any atom is 0.410 e. The number of nitro groups is 1. The Hall–Kier alpha value is -3.23. The van der Waals surface area contributed by atoms with E-state index in [0.717, 1.165) is 42.9 Å². The molecule has 3 heterocycles. The molecular weight excluding hydrogens is 410 g/mol. The van der Waals surface area contributed by atoms with Gasteiger partial charge in [0.1, 0.15) is 5.60 Å². The van der Waals surface area contributed by atoms with Crippen molar-refractivity contribution in [3.8, 4) is 11.4 Å². The van der Waals surface area contributed by atoms with E-state index in [1.807, 2.05) is 32.9 Å². The minimum Gasteiger partial charge on any atom is -0.444 e. The Morgan fingerprint density at radius 1 is 1.16 bits per heavy atom. The number of piperidine rings is 1. The largest absolute Gasteiger partial charge is 0.444 e. The molecule has 1 aromatic heterocycles. The summed E-state index contributed by atoms with van der Waals surface area (Å²) < 4.78 is 5.46. The first-order chi connectivity index (χ1) is 15.2. The van der Waals surface area contributed by atoms with E-state index >= 15 is 0 Å². The smallest absolute Gasteiger partial charge is 0.410 e. The van der Waals surface area contributed by atoms with Crippen molar-refractivity contribution in [2.45, 2.75) is 58.6 Å². The Labute approximate surface area is 187 Å². The van der Waals surface area contributed by atoms with Crippen LogP contribution in [0.25, 0.3) is 11.4 Å². The quantitative estimate of drug-likeness (QED) is 0.518. The first kappa shape index (κ1) is 22.0. The molecule has 0 N–H and O–H groups in total. The fraction of sp³-hybridized carbons (Fsp3) is 0.522. The molecule has 1 aromatic carbocycles. The molecule has 4 rings (SSSR count). The maximum absolute atomic E-state index is 12.4. The molecule has 170 valence electrons. The van der Waals surface area contributed by atoms with Gasteiger partial charge in [0.2, 0.25) is 0 Å². The molecule has 32 heavy (non-hydrogen) atoms. The van der Waals surface area contributed by atoms with Crippen LogP contribution in [0.4, 0.5) is 16.2 Å². The van der Waals surface area contributed by atoms with Gasteiger partial charge in [-0.15, -0.1) is 0 Å². The van der Waals surface area contributed by atoms with Gasteiger partial charge in [-0.05, 0) is 52.2 Å². The molecule has 0 unspecified atom stereocenters. The molecule has 2 aliphatic rings. The van der Waals surface area contributed by atoms with E-state index in [4.69, 9.17) is 4.74 Å². The number of nitro benzene ring substituents is 1. The van der Waals surface area contributed by atoms with Crippen LogP contribution in [-0.4, -0.2) is 51.1 Å². The summed E-state index contributed by atoms with van der Waals surface area (Å²) in [7, 11) is 0. The normalized spacial score (nSPS) is 16.5. The lowest BCUT2D eigenvalue weighted by atomic mass is 10.1. The molecule has 9 nitrogen and oxygen atoms in total. The number of amides is 1. The minimum atomic E-state index is -0.559. The number of rotatable bonds is 3. The highest BCUT2D eigenvalue weighted by molar-refractivity contribution is 5.74. The number of carbonyl (C=O) groups is 1. The van der Waals surface area contributed by atoms with Crippen LogP contribution in [0.2, 0.25) is 0 Å². The number of hydrogen-bond acceptors (Lipinski definition) is 7. The topological polar surface area (TPSA) is 102 Å². The molecule has 0 saturated carbocycles. The van der Waals surface area contributed by atoms with Crippen molar-refractivity contribution in [2.75, 3.05) is 24.5 Å². The highest BCUT2D eigenvalue weighted by Gasteiger charge is 2.28. The molecule has 0 bridgehead atoms. The van der Waals surface area contributed by atoms with Crippen LogP contribution >= 0.6 is 0 Å². The SMILES string of the molecule is CC(C)(C)OC(=O)N1CCc2nc(-c3cc(N4CCCCC4)ccc3[N+](=O)[O-])ncc2C1. The van der Waals surface area contributed by atoms with Gasteiger partial charge in [0, 0.05) is 49.6 Å². The average Bonchev–Trinajstić information content (AvgIpc) is 2.77. The molecule has 2 aromatic rings. The van der Waals surface area contributed by atoms with E-state index in [2.05, 4.69) is 14.9 Å². The van der Waals surface area contributed by atoms with E-state index in [1.54, 1.807) is 17.2 Å². The van der Waals surface area contributed by atoms with E-state index in [9.17, 15) is 14.9 Å². The van der Waals surface area contributed by atoms with E-state index < -0.39 is 5.60 Å². The van der Waals surface area contributed by atoms with Crippen LogP contribution in [0, 0.1) is 10.1 Å². The lowest BCUT2D eigenvalue weighted by molar-refractivity contribution is -0.384. The number of benzene rings is 1. The van der Waals surface area contributed by atoms with Crippen molar-refractivity contribution >= 4 is 17.5 Å². The second-order valence-corrected chi connectivity index (χ2v) is 9.32. The minimum absolute atomic E-state index is 0.00287. The molecule has 9 heteroatoms. The van der Waals surface area contributed by atoms with E-state index in [-0.39, 0.29) is 16.7 Å². The Kier molecular flexibility index (Phi) is 5.99. The Bertz CT molecular complexity index is 1030. The first-order valence-electron chi connectivity index (χ1n) is 11.1. The third-order valence-electron chi connectivity index (χ3n) is 5.72. The summed E-state index contributed by atoms with van der Waals surface area (Å²) in [6.45, 7) is 8.25. The first-order valence-corrected chi connectivity index (χ1v) is 11.1. The second kappa shape index (κ2) is 8.72. The predicted octanol–water partition coefficient (Wildman–Crippen LogP) is 4.34. The standard InChI is InChI=1S/C23H29N5O4/c1-23(2,3)32-22(29)27-12-9-19-16(15-27)14-24-21(25-19)18-13-17(7-8-20(18)28(30)31)26-10-5-4-6-11-26/h7-8,13-14H,4-6,9-12,15H2,1-3H3. The molecule has 2 aliphatic heterocycles. The number of carbonyl (C=O) groups excluding carboxylic acids is 1. The number of nitrogens with zero attached hydrogens (tertiary/aromatic N) is 5. The summed E-state index contributed by atoms with van der Waals surface area (Å²) in [5.41, 5.74) is 2.47. The lowest BCUT2D eigenvalue weighted by Gasteiger charge is -2.30. The monoisotopic (exact) mass is 439 g/mol. The third-order valence-corrected chi connectivity index (χ3v) is 5.72. The highest BCUT2D eigenvalue weighted by atomic mass is 16.6. The molecule has 1 amide bonds. The molecule has 1 fully saturated rings. The van der Waals surface area contributed by atoms with Crippen molar-refractivity contribution in [2.24, 2.45) is 0 Å². The maximum atomic E-state index is 12.4. The van der Waals surface area contributed by atoms with Gasteiger partial charge < -0.3 is 14.5 Å². The van der Waals surface area contributed by atoms with E-state index in [1.165, 1.54) is 6.42 Å². The molecule has 1 saturated heterocycles. The Balaban J connectivity index is 1.61. The fourth-order valence-corrected chi connectivity index (χ4v) is 4.14. The van der Waals surface area contributed by atoms with Crippen molar-refractivity contribution in [1.82, 2.24) is 14.9 Å². The van der Waals surface area contributed by atoms with Gasteiger partial charge in [0.15, 0.2) is 5.82 Å². The highest BCUT2D eigenvalue weighted by Crippen LogP contribution is 2.33. The fourth-order valence-electron chi connectivity index (χ4n) is 4.14. The Morgan fingerprint density at radius 3 is 2.59 bits per heavy atom. The summed E-state index contributed by atoms with van der Waals surface area (Å²) >= 11 is 0. The van der Waals surface area contributed by atoms with Gasteiger partial charge >= 0.3 is 6.09 Å². The Morgan fingerprint density at radius 2 is 1.91 bits per heavy atom. The van der Waals surface area contributed by atoms with Gasteiger partial charge in [-0.25, -0.2) is 14.8 Å². The zero-order valence-electron chi connectivity index (χ0n) is 18.8. The molecule has 0 spiro atoms. The summed E-state index contributed by atoms with van der Waals surface area (Å²) in [4.78, 5) is 36.7. The van der Waals surface area contributed by atoms with Crippen molar-refractivity contribution < 1.29 is 14.5 Å². The van der Waals surface area contributed by atoms with Gasteiger partial charge in [-0.2, -0.15) is 0 Å². The van der Waals surface area contributed by atoms with Gasteiger partial charge in [0.05, 0.1) is 22.7 Å². The van der Waals surface area contributed by atoms with Crippen LogP contribution in [-0.2, 0) is 17.7 Å². The van der Waals surface area contributed by atoms with Crippen LogP contribution in [0.5, 0.6) is 0 Å². The van der Waals surface area contributed by atoms with Crippen LogP contribution in [0.15, 0.2) is 24.4 Å². The van der Waals surface area contributed by atoms with Crippen LogP contribution < -0.4 is 4.90 Å². The number of fused-ring (bicyclic) bond motifs is 1. The molecule has 0 atom stereocenters. The summed E-state index contributed by atoms with van der Waals surface area (Å²) in [5, 5.41) is 11.7.